The van der Waals surface area contributed by atoms with Gasteiger partial charge in [0.1, 0.15) is 0 Å². The Morgan fingerprint density at radius 2 is 1.82 bits per heavy atom. The van der Waals surface area contributed by atoms with E-state index in [0.717, 1.165) is 38.8 Å². The Morgan fingerprint density at radius 1 is 1.24 bits per heavy atom. The number of nitrogens with zero attached hydrogens (tertiary/aromatic N) is 1. The summed E-state index contributed by atoms with van der Waals surface area (Å²) in [5.41, 5.74) is 5.92. The summed E-state index contributed by atoms with van der Waals surface area (Å²) in [6.45, 7) is 10.3. The molecule has 0 aromatic rings. The summed E-state index contributed by atoms with van der Waals surface area (Å²) in [6, 6.07) is 0. The van der Waals surface area contributed by atoms with Crippen LogP contribution in [-0.4, -0.2) is 29.4 Å². The van der Waals surface area contributed by atoms with Gasteiger partial charge in [-0.1, -0.05) is 27.7 Å². The van der Waals surface area contributed by atoms with Gasteiger partial charge in [0.25, 0.3) is 0 Å². The quantitative estimate of drug-likeness (QED) is 0.824. The van der Waals surface area contributed by atoms with Crippen LogP contribution in [0.25, 0.3) is 0 Å². The fourth-order valence-electron chi connectivity index (χ4n) is 2.49. The molecule has 3 heteroatoms. The molecule has 0 aromatic heterocycles. The maximum Gasteiger partial charge on any atom is 0.242 e. The van der Waals surface area contributed by atoms with E-state index in [9.17, 15) is 4.79 Å². The van der Waals surface area contributed by atoms with Crippen molar-refractivity contribution in [3.8, 4) is 0 Å². The fraction of sp³-hybridized carbons (Fsp3) is 0.929. The molecule has 1 aliphatic rings. The van der Waals surface area contributed by atoms with Crippen LogP contribution in [0.1, 0.15) is 59.8 Å². The third-order valence-electron chi connectivity index (χ3n) is 4.32. The Labute approximate surface area is 106 Å². The molecule has 0 aliphatic carbocycles. The van der Waals surface area contributed by atoms with E-state index in [-0.39, 0.29) is 5.91 Å². The van der Waals surface area contributed by atoms with Crippen molar-refractivity contribution in [2.24, 2.45) is 11.1 Å². The van der Waals surface area contributed by atoms with E-state index in [1.54, 1.807) is 0 Å². The van der Waals surface area contributed by atoms with Crippen molar-refractivity contribution in [2.45, 2.75) is 65.3 Å². The van der Waals surface area contributed by atoms with Gasteiger partial charge in [0.05, 0.1) is 5.54 Å². The number of rotatable bonds is 3. The van der Waals surface area contributed by atoms with Crippen molar-refractivity contribution in [2.75, 3.05) is 13.1 Å². The predicted molar refractivity (Wildman–Crippen MR) is 71.7 cm³/mol. The van der Waals surface area contributed by atoms with Crippen LogP contribution in [0.4, 0.5) is 0 Å². The number of likely N-dealkylation sites (tertiary alicyclic amines) is 1. The van der Waals surface area contributed by atoms with Gasteiger partial charge in [0, 0.05) is 13.1 Å². The molecular formula is C14H28N2O. The Balaban J connectivity index is 2.70. The number of carbonyl (C=O) groups excluding carboxylic acids is 1. The first kappa shape index (κ1) is 14.5. The molecule has 3 nitrogen and oxygen atoms in total. The first-order valence-corrected chi connectivity index (χ1v) is 6.93. The molecule has 0 aromatic carbocycles. The highest BCUT2D eigenvalue weighted by molar-refractivity contribution is 5.86. The molecule has 1 saturated heterocycles. The summed E-state index contributed by atoms with van der Waals surface area (Å²) in [6.07, 6.45) is 4.83. The normalized spacial score (nSPS) is 21.1. The summed E-state index contributed by atoms with van der Waals surface area (Å²) in [5, 5.41) is 0. The van der Waals surface area contributed by atoms with Gasteiger partial charge < -0.3 is 10.6 Å². The van der Waals surface area contributed by atoms with E-state index >= 15 is 0 Å². The molecule has 17 heavy (non-hydrogen) atoms. The number of nitrogens with two attached hydrogens (primary N) is 1. The zero-order valence-corrected chi connectivity index (χ0v) is 11.9. The van der Waals surface area contributed by atoms with Gasteiger partial charge in [0.15, 0.2) is 0 Å². The largest absolute Gasteiger partial charge is 0.341 e. The van der Waals surface area contributed by atoms with Gasteiger partial charge in [0.2, 0.25) is 5.91 Å². The van der Waals surface area contributed by atoms with Crippen LogP contribution in [0.3, 0.4) is 0 Å². The van der Waals surface area contributed by atoms with E-state index < -0.39 is 5.54 Å². The van der Waals surface area contributed by atoms with Gasteiger partial charge in [-0.15, -0.1) is 0 Å². The SMILES string of the molecule is CCC(N)(CC)C(=O)N1CCCC(C)(C)CC1. The minimum Gasteiger partial charge on any atom is -0.341 e. The van der Waals surface area contributed by atoms with E-state index in [1.165, 1.54) is 6.42 Å². The minimum atomic E-state index is -0.644. The van der Waals surface area contributed by atoms with Crippen molar-refractivity contribution in [3.63, 3.8) is 0 Å². The lowest BCUT2D eigenvalue weighted by atomic mass is 9.85. The third-order valence-corrected chi connectivity index (χ3v) is 4.32. The van der Waals surface area contributed by atoms with Gasteiger partial charge >= 0.3 is 0 Å². The molecule has 1 aliphatic heterocycles. The van der Waals surface area contributed by atoms with E-state index in [2.05, 4.69) is 13.8 Å². The lowest BCUT2D eigenvalue weighted by Crippen LogP contribution is -2.54. The second-order valence-corrected chi connectivity index (χ2v) is 6.17. The Kier molecular flexibility index (Phi) is 4.59. The highest BCUT2D eigenvalue weighted by Crippen LogP contribution is 2.30. The van der Waals surface area contributed by atoms with Crippen LogP contribution >= 0.6 is 0 Å². The molecule has 1 rings (SSSR count). The lowest BCUT2D eigenvalue weighted by Gasteiger charge is -2.32. The zero-order valence-electron chi connectivity index (χ0n) is 11.9. The van der Waals surface area contributed by atoms with Gasteiger partial charge in [-0.2, -0.15) is 0 Å². The van der Waals surface area contributed by atoms with E-state index in [4.69, 9.17) is 5.73 Å². The van der Waals surface area contributed by atoms with Crippen LogP contribution in [0, 0.1) is 5.41 Å². The van der Waals surface area contributed by atoms with E-state index in [0.29, 0.717) is 5.41 Å². The van der Waals surface area contributed by atoms with Crippen molar-refractivity contribution >= 4 is 5.91 Å². The molecule has 0 unspecified atom stereocenters. The third kappa shape index (κ3) is 3.44. The van der Waals surface area contributed by atoms with Crippen molar-refractivity contribution in [3.05, 3.63) is 0 Å². The Morgan fingerprint density at radius 3 is 2.35 bits per heavy atom. The van der Waals surface area contributed by atoms with Crippen LogP contribution in [0.15, 0.2) is 0 Å². The Hall–Kier alpha value is -0.570. The first-order chi connectivity index (χ1) is 7.84. The van der Waals surface area contributed by atoms with Crippen molar-refractivity contribution in [1.29, 1.82) is 0 Å². The smallest absolute Gasteiger partial charge is 0.242 e. The molecule has 1 amide bonds. The molecule has 0 bridgehead atoms. The molecule has 0 spiro atoms. The summed E-state index contributed by atoms with van der Waals surface area (Å²) >= 11 is 0. The highest BCUT2D eigenvalue weighted by atomic mass is 16.2. The fourth-order valence-corrected chi connectivity index (χ4v) is 2.49. The van der Waals surface area contributed by atoms with Crippen LogP contribution < -0.4 is 5.73 Å². The average molecular weight is 240 g/mol. The molecular weight excluding hydrogens is 212 g/mol. The highest BCUT2D eigenvalue weighted by Gasteiger charge is 2.35. The van der Waals surface area contributed by atoms with E-state index in [1.807, 2.05) is 18.7 Å². The molecule has 1 fully saturated rings. The van der Waals surface area contributed by atoms with Gasteiger partial charge in [-0.25, -0.2) is 0 Å². The van der Waals surface area contributed by atoms with Crippen molar-refractivity contribution in [1.82, 2.24) is 4.90 Å². The number of hydrogen-bond donors (Lipinski definition) is 1. The first-order valence-electron chi connectivity index (χ1n) is 6.93. The maximum atomic E-state index is 12.4. The molecule has 0 radical (unpaired) electrons. The monoisotopic (exact) mass is 240 g/mol. The van der Waals surface area contributed by atoms with Gasteiger partial charge in [-0.05, 0) is 37.5 Å². The number of carbonyl (C=O) groups is 1. The predicted octanol–water partition coefficient (Wildman–Crippen LogP) is 2.54. The molecule has 0 saturated carbocycles. The maximum absolute atomic E-state index is 12.4. The van der Waals surface area contributed by atoms with Crippen LogP contribution in [0.2, 0.25) is 0 Å². The minimum absolute atomic E-state index is 0.153. The molecule has 2 N–H and O–H groups in total. The summed E-state index contributed by atoms with van der Waals surface area (Å²) in [4.78, 5) is 14.4. The molecule has 100 valence electrons. The van der Waals surface area contributed by atoms with Crippen LogP contribution in [0.5, 0.6) is 0 Å². The summed E-state index contributed by atoms with van der Waals surface area (Å²) in [7, 11) is 0. The van der Waals surface area contributed by atoms with Crippen molar-refractivity contribution < 1.29 is 4.79 Å². The topological polar surface area (TPSA) is 46.3 Å². The number of hydrogen-bond acceptors (Lipinski definition) is 2. The number of amides is 1. The Bertz CT molecular complexity index is 269. The average Bonchev–Trinajstić information content (AvgIpc) is 2.48. The lowest BCUT2D eigenvalue weighted by molar-refractivity contribution is -0.137. The standard InChI is InChI=1S/C14H28N2O/c1-5-14(15,6-2)12(17)16-10-7-8-13(3,4)9-11-16/h5-11,15H2,1-4H3. The van der Waals surface area contributed by atoms with Gasteiger partial charge in [-0.3, -0.25) is 4.79 Å². The van der Waals surface area contributed by atoms with Crippen LogP contribution in [-0.2, 0) is 4.79 Å². The summed E-state index contributed by atoms with van der Waals surface area (Å²) < 4.78 is 0. The summed E-state index contributed by atoms with van der Waals surface area (Å²) in [5.74, 6) is 0.153. The zero-order chi connectivity index (χ0) is 13.1. The molecule has 0 atom stereocenters. The second kappa shape index (κ2) is 5.38. The second-order valence-electron chi connectivity index (χ2n) is 6.17. The molecule has 1 heterocycles.